The van der Waals surface area contributed by atoms with E-state index >= 15 is 0 Å². The summed E-state index contributed by atoms with van der Waals surface area (Å²) in [6.45, 7) is 2.92. The molecule has 1 saturated heterocycles. The van der Waals surface area contributed by atoms with Crippen molar-refractivity contribution in [2.75, 3.05) is 19.9 Å². The first kappa shape index (κ1) is 21.1. The molecule has 0 bridgehead atoms. The Morgan fingerprint density at radius 1 is 0.912 bits per heavy atom. The lowest BCUT2D eigenvalue weighted by molar-refractivity contribution is 0.174. The summed E-state index contributed by atoms with van der Waals surface area (Å²) in [4.78, 5) is 9.91. The van der Waals surface area contributed by atoms with Crippen LogP contribution in [0.3, 0.4) is 0 Å². The van der Waals surface area contributed by atoms with Gasteiger partial charge in [-0.3, -0.25) is 0 Å². The number of rotatable bonds is 4. The zero-order chi connectivity index (χ0) is 23.3. The van der Waals surface area contributed by atoms with Crippen LogP contribution in [0.5, 0.6) is 11.5 Å². The van der Waals surface area contributed by atoms with E-state index in [1.807, 2.05) is 49.4 Å². The zero-order valence-corrected chi connectivity index (χ0v) is 19.5. The Hall–Kier alpha value is -3.43. The number of hydrogen-bond donors (Lipinski definition) is 0. The highest BCUT2D eigenvalue weighted by Crippen LogP contribution is 2.37. The molecule has 4 aromatic rings. The fourth-order valence-corrected chi connectivity index (χ4v) is 6.22. The minimum Gasteiger partial charge on any atom is -0.454 e. The topological polar surface area (TPSA) is 86.6 Å². The number of nitrogens with zero attached hydrogens (tertiary/aromatic N) is 4. The van der Waals surface area contributed by atoms with Gasteiger partial charge in [0.15, 0.2) is 17.1 Å². The molecule has 1 fully saturated rings. The highest BCUT2D eigenvalue weighted by molar-refractivity contribution is 7.89. The lowest BCUT2D eigenvalue weighted by Crippen LogP contribution is -2.39. The number of benzene rings is 2. The third kappa shape index (κ3) is 3.52. The molecule has 9 heteroatoms. The molecule has 6 rings (SSSR count). The van der Waals surface area contributed by atoms with E-state index in [9.17, 15) is 8.42 Å². The lowest BCUT2D eigenvalue weighted by Gasteiger charge is -2.32. The summed E-state index contributed by atoms with van der Waals surface area (Å²) in [6, 6.07) is 18.9. The average molecular weight is 477 g/mol. The first-order chi connectivity index (χ1) is 16.5. The van der Waals surface area contributed by atoms with Crippen LogP contribution in [0.2, 0.25) is 0 Å². The standard InChI is InChI=1S/C25H24N4O4S/c1-17-7-9-21-25(26-17)29(24(27-21)18-5-3-2-4-6-18)19-11-13-28(14-12-19)34(30,31)20-8-10-22-23(15-20)33-16-32-22/h2-10,15,19H,11-14,16H2,1H3. The van der Waals surface area contributed by atoms with E-state index in [1.165, 1.54) is 0 Å². The lowest BCUT2D eigenvalue weighted by atomic mass is 10.1. The van der Waals surface area contributed by atoms with Crippen LogP contribution in [0.1, 0.15) is 24.6 Å². The van der Waals surface area contributed by atoms with Crippen molar-refractivity contribution in [3.63, 3.8) is 0 Å². The molecule has 174 valence electrons. The van der Waals surface area contributed by atoms with E-state index in [0.29, 0.717) is 37.4 Å². The number of pyridine rings is 1. The van der Waals surface area contributed by atoms with Crippen LogP contribution < -0.4 is 9.47 Å². The predicted octanol–water partition coefficient (Wildman–Crippen LogP) is 4.16. The van der Waals surface area contributed by atoms with Crippen molar-refractivity contribution in [1.82, 2.24) is 18.8 Å². The van der Waals surface area contributed by atoms with E-state index in [-0.39, 0.29) is 17.7 Å². The van der Waals surface area contributed by atoms with Gasteiger partial charge in [0, 0.05) is 36.5 Å². The summed E-state index contributed by atoms with van der Waals surface area (Å²) in [5.41, 5.74) is 3.64. The third-order valence-electron chi connectivity index (χ3n) is 6.48. The number of sulfonamides is 1. The van der Waals surface area contributed by atoms with Gasteiger partial charge in [-0.15, -0.1) is 0 Å². The molecule has 0 saturated carbocycles. The molecule has 34 heavy (non-hydrogen) atoms. The third-order valence-corrected chi connectivity index (χ3v) is 8.37. The first-order valence-electron chi connectivity index (χ1n) is 11.3. The van der Waals surface area contributed by atoms with Crippen molar-refractivity contribution >= 4 is 21.2 Å². The van der Waals surface area contributed by atoms with Gasteiger partial charge in [0.05, 0.1) is 4.90 Å². The fourth-order valence-electron chi connectivity index (χ4n) is 4.73. The number of aryl methyl sites for hydroxylation is 1. The molecule has 2 aliphatic heterocycles. The highest BCUT2D eigenvalue weighted by Gasteiger charge is 2.33. The Kier molecular flexibility index (Phi) is 5.04. The summed E-state index contributed by atoms with van der Waals surface area (Å²) in [6.07, 6.45) is 1.34. The van der Waals surface area contributed by atoms with E-state index in [0.717, 1.165) is 28.2 Å². The molecule has 0 unspecified atom stereocenters. The first-order valence-corrected chi connectivity index (χ1v) is 12.8. The number of aromatic nitrogens is 3. The average Bonchev–Trinajstić information content (AvgIpc) is 3.48. The van der Waals surface area contributed by atoms with Gasteiger partial charge in [0.1, 0.15) is 11.3 Å². The maximum absolute atomic E-state index is 13.3. The zero-order valence-electron chi connectivity index (χ0n) is 18.7. The van der Waals surface area contributed by atoms with Gasteiger partial charge in [-0.2, -0.15) is 4.31 Å². The van der Waals surface area contributed by atoms with Crippen molar-refractivity contribution in [3.05, 3.63) is 66.4 Å². The van der Waals surface area contributed by atoms with Crippen LogP contribution in [0.25, 0.3) is 22.6 Å². The molecular weight excluding hydrogens is 452 g/mol. The van der Waals surface area contributed by atoms with Crippen LogP contribution in [0, 0.1) is 6.92 Å². The van der Waals surface area contributed by atoms with Gasteiger partial charge >= 0.3 is 0 Å². The second-order valence-corrected chi connectivity index (χ2v) is 10.6. The van der Waals surface area contributed by atoms with Crippen LogP contribution in [-0.2, 0) is 10.0 Å². The second-order valence-electron chi connectivity index (χ2n) is 8.62. The van der Waals surface area contributed by atoms with Crippen molar-refractivity contribution < 1.29 is 17.9 Å². The largest absolute Gasteiger partial charge is 0.454 e. The van der Waals surface area contributed by atoms with E-state index < -0.39 is 10.0 Å². The number of piperidine rings is 1. The molecule has 2 aromatic heterocycles. The summed E-state index contributed by atoms with van der Waals surface area (Å²) >= 11 is 0. The molecular formula is C25H24N4O4S. The number of ether oxygens (including phenoxy) is 2. The van der Waals surface area contributed by atoms with Crippen molar-refractivity contribution in [2.45, 2.75) is 30.7 Å². The Morgan fingerprint density at radius 2 is 1.68 bits per heavy atom. The van der Waals surface area contributed by atoms with Crippen LogP contribution >= 0.6 is 0 Å². The number of fused-ring (bicyclic) bond motifs is 2. The smallest absolute Gasteiger partial charge is 0.243 e. The Bertz CT molecular complexity index is 1480. The molecule has 0 aliphatic carbocycles. The number of hydrogen-bond acceptors (Lipinski definition) is 6. The van der Waals surface area contributed by atoms with Crippen molar-refractivity contribution in [2.24, 2.45) is 0 Å². The molecule has 0 radical (unpaired) electrons. The van der Waals surface area contributed by atoms with Gasteiger partial charge in [-0.25, -0.2) is 18.4 Å². The minimum atomic E-state index is -3.63. The normalized spacial score (nSPS) is 16.9. The quantitative estimate of drug-likeness (QED) is 0.440. The molecule has 0 atom stereocenters. The summed E-state index contributed by atoms with van der Waals surface area (Å²) in [7, 11) is -3.63. The van der Waals surface area contributed by atoms with Gasteiger partial charge in [0.25, 0.3) is 0 Å². The van der Waals surface area contributed by atoms with Gasteiger partial charge < -0.3 is 14.0 Å². The number of imidazole rings is 1. The Morgan fingerprint density at radius 3 is 2.47 bits per heavy atom. The van der Waals surface area contributed by atoms with Gasteiger partial charge in [-0.05, 0) is 44.0 Å². The van der Waals surface area contributed by atoms with E-state index in [2.05, 4.69) is 4.57 Å². The van der Waals surface area contributed by atoms with Gasteiger partial charge in [-0.1, -0.05) is 30.3 Å². The maximum atomic E-state index is 13.3. The SMILES string of the molecule is Cc1ccc2nc(-c3ccccc3)n(C3CCN(S(=O)(=O)c4ccc5c(c4)OCO5)CC3)c2n1. The van der Waals surface area contributed by atoms with E-state index in [1.54, 1.807) is 22.5 Å². The summed E-state index contributed by atoms with van der Waals surface area (Å²) in [5.74, 6) is 1.90. The minimum absolute atomic E-state index is 0.0951. The van der Waals surface area contributed by atoms with Crippen molar-refractivity contribution in [1.29, 1.82) is 0 Å². The van der Waals surface area contributed by atoms with Crippen LogP contribution in [0.4, 0.5) is 0 Å². The fraction of sp³-hybridized carbons (Fsp3) is 0.280. The predicted molar refractivity (Wildman–Crippen MR) is 127 cm³/mol. The Balaban J connectivity index is 1.31. The van der Waals surface area contributed by atoms with Crippen LogP contribution in [0.15, 0.2) is 65.6 Å². The molecule has 8 nitrogen and oxygen atoms in total. The monoisotopic (exact) mass is 476 g/mol. The molecule has 2 aromatic carbocycles. The van der Waals surface area contributed by atoms with Crippen molar-refractivity contribution in [3.8, 4) is 22.9 Å². The van der Waals surface area contributed by atoms with Gasteiger partial charge in [0.2, 0.25) is 16.8 Å². The maximum Gasteiger partial charge on any atom is 0.243 e. The second kappa shape index (κ2) is 8.11. The van der Waals surface area contributed by atoms with E-state index in [4.69, 9.17) is 19.4 Å². The van der Waals surface area contributed by atoms with Crippen LogP contribution in [-0.4, -0.2) is 47.1 Å². The molecule has 0 N–H and O–H groups in total. The highest BCUT2D eigenvalue weighted by atomic mass is 32.2. The Labute approximate surface area is 197 Å². The summed E-state index contributed by atoms with van der Waals surface area (Å²) < 4.78 is 41.1. The summed E-state index contributed by atoms with van der Waals surface area (Å²) in [5, 5.41) is 0. The molecule has 4 heterocycles. The molecule has 0 spiro atoms. The molecule has 0 amide bonds. The molecule has 2 aliphatic rings.